The zero-order chi connectivity index (χ0) is 14.5. The van der Waals surface area contributed by atoms with E-state index in [9.17, 15) is 4.79 Å². The molecule has 1 fully saturated rings. The standard InChI is InChI=1S/C16H23NO3/c1-19-13-8-5-9-14(20-2)15(13)16(18)12-7-4-3-6-11(12)10-17/h5,8-9,11-12H,3-4,6-7,10,17H2,1-2H3. The molecule has 2 rings (SSSR count). The summed E-state index contributed by atoms with van der Waals surface area (Å²) in [5.41, 5.74) is 6.39. The second-order valence-corrected chi connectivity index (χ2v) is 5.29. The van der Waals surface area contributed by atoms with Crippen molar-refractivity contribution in [3.05, 3.63) is 23.8 Å². The van der Waals surface area contributed by atoms with Crippen LogP contribution in [0.1, 0.15) is 36.0 Å². The molecular formula is C16H23NO3. The van der Waals surface area contributed by atoms with Crippen molar-refractivity contribution in [3.63, 3.8) is 0 Å². The first-order valence-electron chi connectivity index (χ1n) is 7.18. The molecule has 4 nitrogen and oxygen atoms in total. The van der Waals surface area contributed by atoms with Gasteiger partial charge in [-0.1, -0.05) is 18.9 Å². The van der Waals surface area contributed by atoms with Gasteiger partial charge in [-0.15, -0.1) is 0 Å². The normalized spacial score (nSPS) is 22.4. The smallest absolute Gasteiger partial charge is 0.173 e. The Bertz CT molecular complexity index is 451. The Labute approximate surface area is 120 Å². The summed E-state index contributed by atoms with van der Waals surface area (Å²) >= 11 is 0. The second kappa shape index (κ2) is 6.75. The minimum Gasteiger partial charge on any atom is -0.496 e. The van der Waals surface area contributed by atoms with Gasteiger partial charge in [-0.05, 0) is 37.4 Å². The molecule has 0 aromatic heterocycles. The lowest BCUT2D eigenvalue weighted by Crippen LogP contribution is -2.32. The minimum atomic E-state index is -0.0149. The van der Waals surface area contributed by atoms with Crippen LogP contribution in [-0.2, 0) is 0 Å². The van der Waals surface area contributed by atoms with E-state index in [-0.39, 0.29) is 17.6 Å². The van der Waals surface area contributed by atoms with Gasteiger partial charge in [0.05, 0.1) is 14.2 Å². The SMILES string of the molecule is COc1cccc(OC)c1C(=O)C1CCCCC1CN. The second-order valence-electron chi connectivity index (χ2n) is 5.29. The van der Waals surface area contributed by atoms with Gasteiger partial charge in [0.1, 0.15) is 17.1 Å². The maximum Gasteiger partial charge on any atom is 0.173 e. The molecule has 1 aliphatic carbocycles. The highest BCUT2D eigenvalue weighted by molar-refractivity contribution is 6.03. The van der Waals surface area contributed by atoms with Gasteiger partial charge in [-0.25, -0.2) is 0 Å². The van der Waals surface area contributed by atoms with Crippen LogP contribution in [0.4, 0.5) is 0 Å². The summed E-state index contributed by atoms with van der Waals surface area (Å²) in [7, 11) is 3.15. The Morgan fingerprint density at radius 3 is 2.35 bits per heavy atom. The van der Waals surface area contributed by atoms with Crippen molar-refractivity contribution < 1.29 is 14.3 Å². The first-order valence-corrected chi connectivity index (χ1v) is 7.18. The molecule has 110 valence electrons. The van der Waals surface area contributed by atoms with E-state index in [1.54, 1.807) is 26.4 Å². The number of benzene rings is 1. The van der Waals surface area contributed by atoms with Gasteiger partial charge in [0.2, 0.25) is 0 Å². The van der Waals surface area contributed by atoms with Crippen LogP contribution < -0.4 is 15.2 Å². The summed E-state index contributed by atoms with van der Waals surface area (Å²) in [6.07, 6.45) is 4.19. The van der Waals surface area contributed by atoms with Crippen LogP contribution in [0.2, 0.25) is 0 Å². The molecular weight excluding hydrogens is 254 g/mol. The Morgan fingerprint density at radius 1 is 1.20 bits per heavy atom. The van der Waals surface area contributed by atoms with Crippen LogP contribution in [-0.4, -0.2) is 26.5 Å². The van der Waals surface area contributed by atoms with Gasteiger partial charge in [-0.2, -0.15) is 0 Å². The molecule has 1 aromatic carbocycles. The number of ketones is 1. The Hall–Kier alpha value is -1.55. The molecule has 2 unspecified atom stereocenters. The summed E-state index contributed by atoms with van der Waals surface area (Å²) in [6, 6.07) is 5.43. The summed E-state index contributed by atoms with van der Waals surface area (Å²) in [5.74, 6) is 1.52. The van der Waals surface area contributed by atoms with E-state index >= 15 is 0 Å². The maximum absolute atomic E-state index is 12.9. The molecule has 0 aliphatic heterocycles. The molecule has 0 amide bonds. The van der Waals surface area contributed by atoms with Gasteiger partial charge in [0.15, 0.2) is 5.78 Å². The Morgan fingerprint density at radius 2 is 1.80 bits per heavy atom. The lowest BCUT2D eigenvalue weighted by Gasteiger charge is -2.30. The molecule has 1 aliphatic rings. The Balaban J connectivity index is 2.36. The topological polar surface area (TPSA) is 61.5 Å². The largest absolute Gasteiger partial charge is 0.496 e. The zero-order valence-corrected chi connectivity index (χ0v) is 12.2. The van der Waals surface area contributed by atoms with Gasteiger partial charge in [0, 0.05) is 5.92 Å². The minimum absolute atomic E-state index is 0.0149. The third kappa shape index (κ3) is 2.80. The van der Waals surface area contributed by atoms with Crippen molar-refractivity contribution in [1.82, 2.24) is 0 Å². The molecule has 1 aromatic rings. The van der Waals surface area contributed by atoms with E-state index < -0.39 is 0 Å². The van der Waals surface area contributed by atoms with Crippen molar-refractivity contribution >= 4 is 5.78 Å². The quantitative estimate of drug-likeness (QED) is 0.840. The highest BCUT2D eigenvalue weighted by atomic mass is 16.5. The number of nitrogens with two attached hydrogens (primary N) is 1. The lowest BCUT2D eigenvalue weighted by molar-refractivity contribution is 0.0823. The van der Waals surface area contributed by atoms with Crippen molar-refractivity contribution in [2.45, 2.75) is 25.7 Å². The van der Waals surface area contributed by atoms with E-state index in [2.05, 4.69) is 0 Å². The van der Waals surface area contributed by atoms with E-state index in [1.165, 1.54) is 0 Å². The molecule has 4 heteroatoms. The van der Waals surface area contributed by atoms with Gasteiger partial charge < -0.3 is 15.2 Å². The summed E-state index contributed by atoms with van der Waals surface area (Å²) in [4.78, 5) is 12.9. The van der Waals surface area contributed by atoms with E-state index in [0.29, 0.717) is 23.6 Å². The predicted octanol–water partition coefficient (Wildman–Crippen LogP) is 2.65. The number of hydrogen-bond acceptors (Lipinski definition) is 4. The average Bonchev–Trinajstić information content (AvgIpc) is 2.53. The monoisotopic (exact) mass is 277 g/mol. The summed E-state index contributed by atoms with van der Waals surface area (Å²) < 4.78 is 10.7. The molecule has 0 spiro atoms. The van der Waals surface area contributed by atoms with E-state index in [1.807, 2.05) is 6.07 Å². The van der Waals surface area contributed by atoms with Gasteiger partial charge in [0.25, 0.3) is 0 Å². The fourth-order valence-electron chi connectivity index (χ4n) is 3.11. The number of Topliss-reactive ketones (excluding diaryl/α,β-unsaturated/α-hetero) is 1. The molecule has 0 radical (unpaired) electrons. The number of ether oxygens (including phenoxy) is 2. The van der Waals surface area contributed by atoms with Crippen molar-refractivity contribution in [2.75, 3.05) is 20.8 Å². The summed E-state index contributed by atoms with van der Waals surface area (Å²) in [6.45, 7) is 0.563. The molecule has 0 heterocycles. The van der Waals surface area contributed by atoms with Crippen molar-refractivity contribution in [2.24, 2.45) is 17.6 Å². The third-order valence-electron chi connectivity index (χ3n) is 4.22. The molecule has 0 bridgehead atoms. The van der Waals surface area contributed by atoms with Crippen molar-refractivity contribution in [1.29, 1.82) is 0 Å². The number of carbonyl (C=O) groups excluding carboxylic acids is 1. The van der Waals surface area contributed by atoms with E-state index in [0.717, 1.165) is 25.7 Å². The fourth-order valence-corrected chi connectivity index (χ4v) is 3.11. The van der Waals surface area contributed by atoms with Gasteiger partial charge in [-0.3, -0.25) is 4.79 Å². The zero-order valence-electron chi connectivity index (χ0n) is 12.2. The lowest BCUT2D eigenvalue weighted by atomic mass is 9.75. The van der Waals surface area contributed by atoms with Crippen LogP contribution in [0.25, 0.3) is 0 Å². The van der Waals surface area contributed by atoms with Crippen LogP contribution in [0.5, 0.6) is 11.5 Å². The van der Waals surface area contributed by atoms with Crippen LogP contribution in [0.3, 0.4) is 0 Å². The van der Waals surface area contributed by atoms with Crippen LogP contribution in [0, 0.1) is 11.8 Å². The number of hydrogen-bond donors (Lipinski definition) is 1. The van der Waals surface area contributed by atoms with Gasteiger partial charge >= 0.3 is 0 Å². The van der Waals surface area contributed by atoms with Crippen molar-refractivity contribution in [3.8, 4) is 11.5 Å². The number of carbonyl (C=O) groups is 1. The van der Waals surface area contributed by atoms with Crippen LogP contribution >= 0.6 is 0 Å². The molecule has 1 saturated carbocycles. The first-order chi connectivity index (χ1) is 9.72. The highest BCUT2D eigenvalue weighted by Gasteiger charge is 2.33. The number of rotatable bonds is 5. The van der Waals surface area contributed by atoms with Crippen LogP contribution in [0.15, 0.2) is 18.2 Å². The van der Waals surface area contributed by atoms with E-state index in [4.69, 9.17) is 15.2 Å². The Kier molecular flexibility index (Phi) is 5.01. The summed E-state index contributed by atoms with van der Waals surface area (Å²) in [5, 5.41) is 0. The predicted molar refractivity (Wildman–Crippen MR) is 78.4 cm³/mol. The first kappa shape index (κ1) is 14.9. The number of methoxy groups -OCH3 is 2. The molecule has 0 saturated heterocycles. The average molecular weight is 277 g/mol. The third-order valence-corrected chi connectivity index (χ3v) is 4.22. The molecule has 2 atom stereocenters. The maximum atomic E-state index is 12.9. The molecule has 2 N–H and O–H groups in total. The molecule has 20 heavy (non-hydrogen) atoms. The highest BCUT2D eigenvalue weighted by Crippen LogP contribution is 2.37. The fraction of sp³-hybridized carbons (Fsp3) is 0.562.